The normalized spacial score (nSPS) is 19.7. The van der Waals surface area contributed by atoms with Crippen LogP contribution in [0.1, 0.15) is 12.8 Å². The second kappa shape index (κ2) is 4.56. The lowest BCUT2D eigenvalue weighted by Gasteiger charge is -2.14. The van der Waals surface area contributed by atoms with Crippen molar-refractivity contribution in [3.8, 4) is 0 Å². The molecule has 3 heteroatoms. The van der Waals surface area contributed by atoms with Crippen LogP contribution in [0.15, 0.2) is 36.5 Å². The SMILES string of the molecule is C=C1C=CC=CC1CCC(=O)C(=O)O. The summed E-state index contributed by atoms with van der Waals surface area (Å²) in [7, 11) is 0. The summed E-state index contributed by atoms with van der Waals surface area (Å²) < 4.78 is 0. The largest absolute Gasteiger partial charge is 0.476 e. The van der Waals surface area contributed by atoms with Gasteiger partial charge in [0, 0.05) is 12.3 Å². The smallest absolute Gasteiger partial charge is 0.372 e. The highest BCUT2D eigenvalue weighted by Crippen LogP contribution is 2.21. The van der Waals surface area contributed by atoms with Gasteiger partial charge in [-0.1, -0.05) is 30.9 Å². The summed E-state index contributed by atoms with van der Waals surface area (Å²) in [6, 6.07) is 0. The Morgan fingerprint density at radius 1 is 1.43 bits per heavy atom. The minimum Gasteiger partial charge on any atom is -0.476 e. The van der Waals surface area contributed by atoms with E-state index in [-0.39, 0.29) is 12.3 Å². The van der Waals surface area contributed by atoms with E-state index in [1.165, 1.54) is 0 Å². The van der Waals surface area contributed by atoms with Crippen molar-refractivity contribution in [1.29, 1.82) is 0 Å². The molecule has 0 bridgehead atoms. The average Bonchev–Trinajstić information content (AvgIpc) is 2.16. The number of rotatable bonds is 4. The molecule has 0 spiro atoms. The number of ketones is 1. The van der Waals surface area contributed by atoms with Gasteiger partial charge in [-0.25, -0.2) is 4.79 Å². The van der Waals surface area contributed by atoms with E-state index in [1.807, 2.05) is 24.3 Å². The molecule has 0 aromatic rings. The van der Waals surface area contributed by atoms with Crippen LogP contribution >= 0.6 is 0 Å². The standard InChI is InChI=1S/C11H12O3/c1-8-4-2-3-5-9(8)6-7-10(12)11(13)14/h2-5,9H,1,6-7H2,(H,13,14). The monoisotopic (exact) mass is 192 g/mol. The van der Waals surface area contributed by atoms with Crippen LogP contribution in [0.5, 0.6) is 0 Å². The number of aliphatic carboxylic acids is 1. The summed E-state index contributed by atoms with van der Waals surface area (Å²) in [6.07, 6.45) is 8.14. The lowest BCUT2D eigenvalue weighted by atomic mass is 9.91. The highest BCUT2D eigenvalue weighted by molar-refractivity contribution is 6.32. The molecular weight excluding hydrogens is 180 g/mol. The Bertz CT molecular complexity index is 323. The molecule has 1 aliphatic rings. The fourth-order valence-corrected chi connectivity index (χ4v) is 1.30. The Hall–Kier alpha value is -1.64. The van der Waals surface area contributed by atoms with Crippen LogP contribution < -0.4 is 0 Å². The second-order valence-electron chi connectivity index (χ2n) is 3.19. The molecule has 1 N–H and O–H groups in total. The third-order valence-electron chi connectivity index (χ3n) is 2.16. The van der Waals surface area contributed by atoms with Gasteiger partial charge in [-0.15, -0.1) is 0 Å². The van der Waals surface area contributed by atoms with Gasteiger partial charge >= 0.3 is 5.97 Å². The van der Waals surface area contributed by atoms with Crippen molar-refractivity contribution in [3.05, 3.63) is 36.5 Å². The van der Waals surface area contributed by atoms with Crippen molar-refractivity contribution in [1.82, 2.24) is 0 Å². The molecule has 0 fully saturated rings. The maximum absolute atomic E-state index is 10.8. The fourth-order valence-electron chi connectivity index (χ4n) is 1.30. The second-order valence-corrected chi connectivity index (χ2v) is 3.19. The van der Waals surface area contributed by atoms with Gasteiger partial charge < -0.3 is 5.11 Å². The Morgan fingerprint density at radius 2 is 2.14 bits per heavy atom. The van der Waals surface area contributed by atoms with E-state index in [2.05, 4.69) is 6.58 Å². The number of carboxylic acids is 1. The summed E-state index contributed by atoms with van der Waals surface area (Å²) >= 11 is 0. The van der Waals surface area contributed by atoms with Crippen molar-refractivity contribution in [2.45, 2.75) is 12.8 Å². The molecule has 0 saturated heterocycles. The number of carbonyl (C=O) groups is 2. The van der Waals surface area contributed by atoms with Crippen LogP contribution in [0, 0.1) is 5.92 Å². The molecule has 0 aromatic heterocycles. The van der Waals surface area contributed by atoms with E-state index < -0.39 is 11.8 Å². The van der Waals surface area contributed by atoms with Crippen molar-refractivity contribution >= 4 is 11.8 Å². The predicted molar refractivity (Wildman–Crippen MR) is 52.8 cm³/mol. The highest BCUT2D eigenvalue weighted by atomic mass is 16.4. The Balaban J connectivity index is 2.42. The first-order chi connectivity index (χ1) is 6.61. The van der Waals surface area contributed by atoms with E-state index in [4.69, 9.17) is 5.11 Å². The maximum Gasteiger partial charge on any atom is 0.372 e. The molecule has 0 amide bonds. The zero-order valence-electron chi connectivity index (χ0n) is 7.77. The minimum atomic E-state index is -1.36. The zero-order valence-corrected chi connectivity index (χ0v) is 7.77. The molecule has 1 aliphatic carbocycles. The van der Waals surface area contributed by atoms with Gasteiger partial charge in [0.2, 0.25) is 5.78 Å². The summed E-state index contributed by atoms with van der Waals surface area (Å²) in [5.41, 5.74) is 0.922. The molecule has 3 nitrogen and oxygen atoms in total. The summed E-state index contributed by atoms with van der Waals surface area (Å²) in [5.74, 6) is -1.99. The number of carbonyl (C=O) groups excluding carboxylic acids is 1. The topological polar surface area (TPSA) is 54.4 Å². The molecule has 1 unspecified atom stereocenters. The van der Waals surface area contributed by atoms with E-state index in [0.29, 0.717) is 6.42 Å². The van der Waals surface area contributed by atoms with Gasteiger partial charge in [0.05, 0.1) is 0 Å². The van der Waals surface area contributed by atoms with Crippen molar-refractivity contribution in [2.24, 2.45) is 5.92 Å². The lowest BCUT2D eigenvalue weighted by Crippen LogP contribution is -2.14. The van der Waals surface area contributed by atoms with Crippen LogP contribution in [0.2, 0.25) is 0 Å². The third-order valence-corrected chi connectivity index (χ3v) is 2.16. The van der Waals surface area contributed by atoms with Crippen LogP contribution in [0.3, 0.4) is 0 Å². The average molecular weight is 192 g/mol. The van der Waals surface area contributed by atoms with Gasteiger partial charge in [0.1, 0.15) is 0 Å². The molecule has 0 saturated carbocycles. The molecule has 14 heavy (non-hydrogen) atoms. The van der Waals surface area contributed by atoms with E-state index in [9.17, 15) is 9.59 Å². The Labute approximate surface area is 82.4 Å². The Kier molecular flexibility index (Phi) is 3.40. The highest BCUT2D eigenvalue weighted by Gasteiger charge is 2.15. The number of Topliss-reactive ketones (excluding diaryl/α,β-unsaturated/α-hetero) is 1. The first kappa shape index (κ1) is 10.4. The molecule has 74 valence electrons. The van der Waals surface area contributed by atoms with Crippen LogP contribution in [-0.2, 0) is 9.59 Å². The number of allylic oxidation sites excluding steroid dienone is 5. The number of carboxylic acid groups (broad SMARTS) is 1. The van der Waals surface area contributed by atoms with E-state index >= 15 is 0 Å². The maximum atomic E-state index is 10.8. The quantitative estimate of drug-likeness (QED) is 0.690. The molecule has 0 radical (unpaired) electrons. The van der Waals surface area contributed by atoms with Gasteiger partial charge in [-0.2, -0.15) is 0 Å². The number of hydrogen-bond donors (Lipinski definition) is 1. The van der Waals surface area contributed by atoms with Gasteiger partial charge in [-0.3, -0.25) is 4.79 Å². The van der Waals surface area contributed by atoms with Crippen LogP contribution in [-0.4, -0.2) is 16.9 Å². The van der Waals surface area contributed by atoms with Crippen molar-refractivity contribution < 1.29 is 14.7 Å². The molecule has 1 rings (SSSR count). The molecule has 0 aliphatic heterocycles. The third kappa shape index (κ3) is 2.69. The molecular formula is C11H12O3. The van der Waals surface area contributed by atoms with Crippen LogP contribution in [0.25, 0.3) is 0 Å². The lowest BCUT2D eigenvalue weighted by molar-refractivity contribution is -0.149. The van der Waals surface area contributed by atoms with E-state index in [1.54, 1.807) is 0 Å². The summed E-state index contributed by atoms with van der Waals surface area (Å²) in [4.78, 5) is 21.1. The van der Waals surface area contributed by atoms with Gasteiger partial charge in [0.25, 0.3) is 0 Å². The van der Waals surface area contributed by atoms with Crippen molar-refractivity contribution in [2.75, 3.05) is 0 Å². The molecule has 0 heterocycles. The predicted octanol–water partition coefficient (Wildman–Crippen LogP) is 1.72. The first-order valence-electron chi connectivity index (χ1n) is 4.41. The van der Waals surface area contributed by atoms with Gasteiger partial charge in [-0.05, 0) is 12.0 Å². The number of hydrogen-bond acceptors (Lipinski definition) is 2. The minimum absolute atomic E-state index is 0.0667. The van der Waals surface area contributed by atoms with Crippen LogP contribution in [0.4, 0.5) is 0 Å². The van der Waals surface area contributed by atoms with Gasteiger partial charge in [0.15, 0.2) is 0 Å². The fraction of sp³-hybridized carbons (Fsp3) is 0.273. The first-order valence-corrected chi connectivity index (χ1v) is 4.41. The summed E-state index contributed by atoms with van der Waals surface area (Å²) in [6.45, 7) is 3.82. The van der Waals surface area contributed by atoms with E-state index in [0.717, 1.165) is 5.57 Å². The zero-order chi connectivity index (χ0) is 10.6. The van der Waals surface area contributed by atoms with Crippen molar-refractivity contribution in [3.63, 3.8) is 0 Å². The Morgan fingerprint density at radius 3 is 2.71 bits per heavy atom. The molecule has 1 atom stereocenters. The molecule has 0 aromatic carbocycles. The summed E-state index contributed by atoms with van der Waals surface area (Å²) in [5, 5.41) is 8.37.